The number of halogens is 2. The van der Waals surface area contributed by atoms with E-state index in [2.05, 4.69) is 27.7 Å². The van der Waals surface area contributed by atoms with E-state index in [1.807, 2.05) is 30.3 Å². The van der Waals surface area contributed by atoms with E-state index in [4.69, 9.17) is 23.2 Å². The first-order valence-electron chi connectivity index (χ1n) is 8.60. The monoisotopic (exact) mass is 427 g/mol. The van der Waals surface area contributed by atoms with Crippen molar-refractivity contribution in [3.8, 4) is 0 Å². The van der Waals surface area contributed by atoms with Gasteiger partial charge in [-0.3, -0.25) is 4.79 Å². The summed E-state index contributed by atoms with van der Waals surface area (Å²) < 4.78 is 0. The number of hydrogen-bond donors (Lipinski definition) is 1. The quantitative estimate of drug-likeness (QED) is 0.452. The number of carbonyl (C=O) groups is 1. The Morgan fingerprint density at radius 3 is 2.79 bits per heavy atom. The minimum Gasteiger partial charge on any atom is -0.303 e. The molecular formula is C21H15Cl2N3OS. The van der Waals surface area contributed by atoms with Crippen molar-refractivity contribution in [1.82, 2.24) is 5.32 Å². The van der Waals surface area contributed by atoms with Crippen LogP contribution < -0.4 is 5.32 Å². The van der Waals surface area contributed by atoms with Crippen molar-refractivity contribution in [2.45, 2.75) is 11.7 Å². The van der Waals surface area contributed by atoms with Crippen LogP contribution in [0.5, 0.6) is 0 Å². The van der Waals surface area contributed by atoms with E-state index >= 15 is 0 Å². The number of hydrogen-bond acceptors (Lipinski definition) is 4. The van der Waals surface area contributed by atoms with Crippen LogP contribution in [-0.2, 0) is 11.2 Å². The SMILES string of the molecule is O=C1N/C(=N/N=C/c2cccc3ccccc23)SC1Cc1cc(Cl)ccc1Cl. The van der Waals surface area contributed by atoms with Gasteiger partial charge in [0.1, 0.15) is 0 Å². The van der Waals surface area contributed by atoms with Crippen molar-refractivity contribution < 1.29 is 4.79 Å². The maximum atomic E-state index is 12.3. The summed E-state index contributed by atoms with van der Waals surface area (Å²) in [7, 11) is 0. The van der Waals surface area contributed by atoms with Crippen LogP contribution in [0.3, 0.4) is 0 Å². The van der Waals surface area contributed by atoms with E-state index in [0.29, 0.717) is 21.6 Å². The highest BCUT2D eigenvalue weighted by atomic mass is 35.5. The maximum Gasteiger partial charge on any atom is 0.239 e. The summed E-state index contributed by atoms with van der Waals surface area (Å²) in [6.07, 6.45) is 2.17. The van der Waals surface area contributed by atoms with Gasteiger partial charge in [0.25, 0.3) is 0 Å². The zero-order chi connectivity index (χ0) is 19.5. The van der Waals surface area contributed by atoms with Gasteiger partial charge in [0.05, 0.1) is 11.5 Å². The van der Waals surface area contributed by atoms with Crippen LogP contribution in [0.4, 0.5) is 0 Å². The van der Waals surface area contributed by atoms with Crippen LogP contribution >= 0.6 is 35.0 Å². The average molecular weight is 428 g/mol. The molecule has 4 nitrogen and oxygen atoms in total. The fraction of sp³-hybridized carbons (Fsp3) is 0.0952. The van der Waals surface area contributed by atoms with Crippen LogP contribution in [0.15, 0.2) is 70.9 Å². The van der Waals surface area contributed by atoms with Crippen molar-refractivity contribution in [2.75, 3.05) is 0 Å². The van der Waals surface area contributed by atoms with Gasteiger partial charge in [-0.25, -0.2) is 0 Å². The largest absolute Gasteiger partial charge is 0.303 e. The van der Waals surface area contributed by atoms with Gasteiger partial charge in [-0.15, -0.1) is 5.10 Å². The molecule has 140 valence electrons. The molecule has 1 fully saturated rings. The average Bonchev–Trinajstić information content (AvgIpc) is 3.04. The lowest BCUT2D eigenvalue weighted by Crippen LogP contribution is -2.26. The van der Waals surface area contributed by atoms with E-state index in [1.165, 1.54) is 11.8 Å². The van der Waals surface area contributed by atoms with Crippen LogP contribution in [-0.4, -0.2) is 22.5 Å². The second kappa shape index (κ2) is 8.35. The summed E-state index contributed by atoms with van der Waals surface area (Å²) in [5.74, 6) is -0.111. The fourth-order valence-corrected chi connectivity index (χ4v) is 4.33. The number of nitrogens with zero attached hydrogens (tertiary/aromatic N) is 2. The molecule has 7 heteroatoms. The smallest absolute Gasteiger partial charge is 0.239 e. The van der Waals surface area contributed by atoms with E-state index < -0.39 is 0 Å². The summed E-state index contributed by atoms with van der Waals surface area (Å²) in [6.45, 7) is 0. The molecule has 0 spiro atoms. The Hall–Kier alpha value is -2.34. The lowest BCUT2D eigenvalue weighted by Gasteiger charge is -2.07. The minimum atomic E-state index is -0.317. The molecule has 0 aromatic heterocycles. The molecule has 28 heavy (non-hydrogen) atoms. The fourth-order valence-electron chi connectivity index (χ4n) is 2.99. The molecule has 3 aromatic rings. The predicted octanol–water partition coefficient (Wildman–Crippen LogP) is 5.31. The molecule has 1 amide bonds. The first kappa shape index (κ1) is 19.0. The maximum absolute atomic E-state index is 12.3. The Morgan fingerprint density at radius 1 is 1.07 bits per heavy atom. The van der Waals surface area contributed by atoms with E-state index in [9.17, 15) is 4.79 Å². The normalized spacial score (nSPS) is 18.3. The van der Waals surface area contributed by atoms with Crippen molar-refractivity contribution in [2.24, 2.45) is 10.2 Å². The number of thioether (sulfide) groups is 1. The second-order valence-corrected chi connectivity index (χ2v) is 8.29. The van der Waals surface area contributed by atoms with Gasteiger partial charge in [-0.05, 0) is 41.0 Å². The van der Waals surface area contributed by atoms with Crippen molar-refractivity contribution >= 4 is 63.0 Å². The van der Waals surface area contributed by atoms with Gasteiger partial charge >= 0.3 is 0 Å². The molecule has 1 saturated heterocycles. The summed E-state index contributed by atoms with van der Waals surface area (Å²) in [5, 5.41) is 14.7. The number of fused-ring (bicyclic) bond motifs is 1. The molecule has 0 aliphatic carbocycles. The van der Waals surface area contributed by atoms with Gasteiger partial charge in [0, 0.05) is 15.6 Å². The zero-order valence-electron chi connectivity index (χ0n) is 14.6. The first-order valence-corrected chi connectivity index (χ1v) is 10.2. The molecule has 0 saturated carbocycles. The van der Waals surface area contributed by atoms with Crippen LogP contribution in [0.25, 0.3) is 10.8 Å². The third-order valence-corrected chi connectivity index (χ3v) is 6.03. The molecule has 0 radical (unpaired) electrons. The van der Waals surface area contributed by atoms with E-state index in [0.717, 1.165) is 21.9 Å². The summed E-state index contributed by atoms with van der Waals surface area (Å²) >= 11 is 13.6. The summed E-state index contributed by atoms with van der Waals surface area (Å²) in [5.41, 5.74) is 1.81. The Bertz CT molecular complexity index is 1110. The lowest BCUT2D eigenvalue weighted by molar-refractivity contribution is -0.118. The Labute approximate surface area is 176 Å². The molecule has 1 aliphatic rings. The number of amidine groups is 1. The molecule has 1 unspecified atom stereocenters. The van der Waals surface area contributed by atoms with Crippen molar-refractivity contribution in [3.63, 3.8) is 0 Å². The third kappa shape index (κ3) is 4.22. The van der Waals surface area contributed by atoms with Gasteiger partial charge in [-0.1, -0.05) is 77.4 Å². The number of benzene rings is 3. The highest BCUT2D eigenvalue weighted by Crippen LogP contribution is 2.28. The third-order valence-electron chi connectivity index (χ3n) is 4.36. The zero-order valence-corrected chi connectivity index (χ0v) is 16.9. The van der Waals surface area contributed by atoms with Gasteiger partial charge in [-0.2, -0.15) is 5.10 Å². The summed E-state index contributed by atoms with van der Waals surface area (Å²) in [6, 6.07) is 19.3. The number of amides is 1. The van der Waals surface area contributed by atoms with Gasteiger partial charge in [0.2, 0.25) is 5.91 Å². The highest BCUT2D eigenvalue weighted by molar-refractivity contribution is 8.15. The number of rotatable bonds is 4. The van der Waals surface area contributed by atoms with Gasteiger partial charge < -0.3 is 5.32 Å². The molecule has 0 bridgehead atoms. The van der Waals surface area contributed by atoms with Crippen molar-refractivity contribution in [1.29, 1.82) is 0 Å². The second-order valence-electron chi connectivity index (χ2n) is 6.25. The Kier molecular flexibility index (Phi) is 5.67. The van der Waals surface area contributed by atoms with Crippen molar-refractivity contribution in [3.05, 3.63) is 81.8 Å². The molecule has 1 heterocycles. The topological polar surface area (TPSA) is 53.8 Å². The molecule has 1 atom stereocenters. The molecule has 3 aromatic carbocycles. The van der Waals surface area contributed by atoms with Crippen LogP contribution in [0, 0.1) is 0 Å². The van der Waals surface area contributed by atoms with Gasteiger partial charge in [0.15, 0.2) is 5.17 Å². The molecule has 1 aliphatic heterocycles. The number of carbonyl (C=O) groups excluding carboxylic acids is 1. The Balaban J connectivity index is 1.48. The molecule has 1 N–H and O–H groups in total. The highest BCUT2D eigenvalue weighted by Gasteiger charge is 2.31. The van der Waals surface area contributed by atoms with Crippen LogP contribution in [0.1, 0.15) is 11.1 Å². The van der Waals surface area contributed by atoms with Crippen LogP contribution in [0.2, 0.25) is 10.0 Å². The standard InChI is InChI=1S/C21H15Cl2N3OS/c22-16-8-9-18(23)15(10-16)11-19-20(27)25-21(28-19)26-24-12-14-6-3-5-13-4-1-2-7-17(13)14/h1-10,12,19H,11H2,(H,25,26,27)/b24-12+. The number of nitrogens with one attached hydrogen (secondary N) is 1. The van der Waals surface area contributed by atoms with E-state index in [1.54, 1.807) is 24.4 Å². The molecule has 4 rings (SSSR count). The summed E-state index contributed by atoms with van der Waals surface area (Å²) in [4.78, 5) is 12.3. The minimum absolute atomic E-state index is 0.111. The molecular weight excluding hydrogens is 413 g/mol. The Morgan fingerprint density at radius 2 is 1.89 bits per heavy atom. The first-order chi connectivity index (χ1) is 13.6. The van der Waals surface area contributed by atoms with E-state index in [-0.39, 0.29) is 11.2 Å². The predicted molar refractivity (Wildman–Crippen MR) is 119 cm³/mol. The lowest BCUT2D eigenvalue weighted by atomic mass is 10.1.